The van der Waals surface area contributed by atoms with Crippen LogP contribution in [0, 0.1) is 0 Å². The van der Waals surface area contributed by atoms with Gasteiger partial charge in [-0.1, -0.05) is 23.7 Å². The van der Waals surface area contributed by atoms with Gasteiger partial charge in [0.1, 0.15) is 13.2 Å². The molecule has 24 heavy (non-hydrogen) atoms. The van der Waals surface area contributed by atoms with Crippen molar-refractivity contribution < 1.29 is 19.4 Å². The molecule has 0 saturated carbocycles. The highest BCUT2D eigenvalue weighted by atomic mass is 35.5. The smallest absolute Gasteiger partial charge is 0.335 e. The number of rotatable bonds is 6. The summed E-state index contributed by atoms with van der Waals surface area (Å²) in [5, 5.41) is 12.9. The minimum Gasteiger partial charge on any atom is -0.486 e. The van der Waals surface area contributed by atoms with Crippen molar-refractivity contribution in [2.75, 3.05) is 19.8 Å². The Balaban J connectivity index is 1.54. The molecule has 126 valence electrons. The molecule has 0 atom stereocenters. The predicted octanol–water partition coefficient (Wildman–Crippen LogP) is 3.14. The summed E-state index contributed by atoms with van der Waals surface area (Å²) in [6.45, 7) is 2.40. The van der Waals surface area contributed by atoms with E-state index in [0.29, 0.717) is 41.8 Å². The molecule has 1 aliphatic rings. The van der Waals surface area contributed by atoms with Gasteiger partial charge in [0.2, 0.25) is 0 Å². The van der Waals surface area contributed by atoms with E-state index in [1.165, 1.54) is 0 Å². The lowest BCUT2D eigenvalue weighted by atomic mass is 10.1. The summed E-state index contributed by atoms with van der Waals surface area (Å²) >= 11 is 6.22. The van der Waals surface area contributed by atoms with Crippen molar-refractivity contribution in [3.05, 3.63) is 58.1 Å². The highest BCUT2D eigenvalue weighted by Gasteiger charge is 2.16. The van der Waals surface area contributed by atoms with Crippen molar-refractivity contribution in [3.8, 4) is 11.5 Å². The molecule has 0 bridgehead atoms. The topological polar surface area (TPSA) is 67.8 Å². The second kappa shape index (κ2) is 7.55. The first-order chi connectivity index (χ1) is 11.6. The molecule has 0 spiro atoms. The largest absolute Gasteiger partial charge is 0.486 e. The number of hydrogen-bond acceptors (Lipinski definition) is 4. The molecule has 2 aromatic carbocycles. The number of benzene rings is 2. The molecule has 1 heterocycles. The average Bonchev–Trinajstić information content (AvgIpc) is 2.59. The number of carboxylic acids is 1. The van der Waals surface area contributed by atoms with Crippen molar-refractivity contribution in [1.29, 1.82) is 0 Å². The molecule has 0 amide bonds. The van der Waals surface area contributed by atoms with Gasteiger partial charge in [-0.2, -0.15) is 0 Å². The lowest BCUT2D eigenvalue weighted by Gasteiger charge is -2.20. The number of halogens is 1. The van der Waals surface area contributed by atoms with E-state index in [-0.39, 0.29) is 0 Å². The van der Waals surface area contributed by atoms with E-state index in [9.17, 15) is 4.79 Å². The Hall–Kier alpha value is -2.24. The van der Waals surface area contributed by atoms with Crippen LogP contribution in [0.2, 0.25) is 5.02 Å². The Bertz CT molecular complexity index is 748. The number of nitrogens with one attached hydrogen (secondary N) is 1. The Labute approximate surface area is 145 Å². The fourth-order valence-corrected chi connectivity index (χ4v) is 2.88. The second-order valence-electron chi connectivity index (χ2n) is 5.53. The predicted molar refractivity (Wildman–Crippen MR) is 91.3 cm³/mol. The maximum absolute atomic E-state index is 11.0. The van der Waals surface area contributed by atoms with E-state index < -0.39 is 5.97 Å². The summed E-state index contributed by atoms with van der Waals surface area (Å²) in [6, 6.07) is 10.8. The molecule has 6 heteroatoms. The zero-order valence-corrected chi connectivity index (χ0v) is 13.8. The molecule has 1 aliphatic heterocycles. The summed E-state index contributed by atoms with van der Waals surface area (Å²) in [6.07, 6.45) is 0.787. The third-order valence-corrected chi connectivity index (χ3v) is 4.03. The highest BCUT2D eigenvalue weighted by Crippen LogP contribution is 2.38. The molecule has 5 nitrogen and oxygen atoms in total. The molecular formula is C18H18ClNO4. The number of hydrogen-bond donors (Lipinski definition) is 2. The molecule has 0 saturated heterocycles. The van der Waals surface area contributed by atoms with Crippen molar-refractivity contribution >= 4 is 17.6 Å². The van der Waals surface area contributed by atoms with Crippen LogP contribution in [0.5, 0.6) is 11.5 Å². The Morgan fingerprint density at radius 1 is 1.17 bits per heavy atom. The maximum Gasteiger partial charge on any atom is 0.335 e. The van der Waals surface area contributed by atoms with Gasteiger partial charge in [-0.25, -0.2) is 4.79 Å². The summed E-state index contributed by atoms with van der Waals surface area (Å²) in [5.41, 5.74) is 2.30. The zero-order chi connectivity index (χ0) is 16.9. The average molecular weight is 348 g/mol. The van der Waals surface area contributed by atoms with Gasteiger partial charge in [-0.3, -0.25) is 0 Å². The molecule has 0 unspecified atom stereocenters. The number of carbonyl (C=O) groups is 1. The maximum atomic E-state index is 11.0. The summed E-state index contributed by atoms with van der Waals surface area (Å²) in [4.78, 5) is 11.0. The van der Waals surface area contributed by atoms with Crippen LogP contribution in [-0.2, 0) is 13.0 Å². The number of ether oxygens (including phenoxy) is 2. The van der Waals surface area contributed by atoms with Gasteiger partial charge in [0.05, 0.1) is 10.6 Å². The lowest BCUT2D eigenvalue weighted by molar-refractivity contribution is 0.0696. The van der Waals surface area contributed by atoms with Crippen LogP contribution in [0.25, 0.3) is 0 Å². The van der Waals surface area contributed by atoms with Gasteiger partial charge < -0.3 is 19.9 Å². The molecule has 2 aromatic rings. The van der Waals surface area contributed by atoms with Crippen molar-refractivity contribution in [2.24, 2.45) is 0 Å². The normalized spacial score (nSPS) is 12.9. The second-order valence-corrected chi connectivity index (χ2v) is 5.94. The summed E-state index contributed by atoms with van der Waals surface area (Å²) in [5.74, 6) is 0.394. The molecule has 0 aromatic heterocycles. The minimum atomic E-state index is -0.914. The number of fused-ring (bicyclic) bond motifs is 1. The third kappa shape index (κ3) is 3.99. The molecule has 0 aliphatic carbocycles. The summed E-state index contributed by atoms with van der Waals surface area (Å²) < 4.78 is 11.1. The van der Waals surface area contributed by atoms with Gasteiger partial charge in [0.25, 0.3) is 0 Å². The van der Waals surface area contributed by atoms with Crippen LogP contribution < -0.4 is 14.8 Å². The quantitative estimate of drug-likeness (QED) is 0.786. The van der Waals surface area contributed by atoms with E-state index in [1.807, 2.05) is 18.2 Å². The number of carboxylic acid groups (broad SMARTS) is 1. The number of aromatic carboxylic acids is 1. The van der Waals surface area contributed by atoms with Gasteiger partial charge in [0, 0.05) is 6.54 Å². The first-order valence-corrected chi connectivity index (χ1v) is 8.12. The molecule has 0 fully saturated rings. The van der Waals surface area contributed by atoms with E-state index in [2.05, 4.69) is 5.32 Å². The van der Waals surface area contributed by atoms with Crippen LogP contribution in [0.15, 0.2) is 36.4 Å². The van der Waals surface area contributed by atoms with E-state index in [4.69, 9.17) is 26.2 Å². The van der Waals surface area contributed by atoms with Crippen molar-refractivity contribution in [2.45, 2.75) is 13.0 Å². The molecule has 2 N–H and O–H groups in total. The van der Waals surface area contributed by atoms with Gasteiger partial charge in [0.15, 0.2) is 11.5 Å². The van der Waals surface area contributed by atoms with Gasteiger partial charge in [-0.05, 0) is 48.4 Å². The SMILES string of the molecule is O=C(O)c1cccc(CNCCc2cc(Cl)c3c(c2)OCCO3)c1. The van der Waals surface area contributed by atoms with Crippen LogP contribution in [0.1, 0.15) is 21.5 Å². The Kier molecular flexibility index (Phi) is 5.23. The standard InChI is InChI=1S/C18H18ClNO4/c19-15-9-12(10-16-17(15)24-7-6-23-16)4-5-20-11-13-2-1-3-14(8-13)18(21)22/h1-3,8-10,20H,4-7,11H2,(H,21,22). The zero-order valence-electron chi connectivity index (χ0n) is 13.0. The fourth-order valence-electron chi connectivity index (χ4n) is 2.59. The first-order valence-electron chi connectivity index (χ1n) is 7.74. The lowest BCUT2D eigenvalue weighted by Crippen LogP contribution is -2.18. The Morgan fingerprint density at radius 3 is 2.83 bits per heavy atom. The van der Waals surface area contributed by atoms with Crippen LogP contribution in [-0.4, -0.2) is 30.8 Å². The van der Waals surface area contributed by atoms with Crippen molar-refractivity contribution in [3.63, 3.8) is 0 Å². The summed E-state index contributed by atoms with van der Waals surface area (Å²) in [7, 11) is 0. The highest BCUT2D eigenvalue weighted by molar-refractivity contribution is 6.32. The van der Waals surface area contributed by atoms with Crippen LogP contribution in [0.3, 0.4) is 0 Å². The molecule has 3 rings (SSSR count). The van der Waals surface area contributed by atoms with E-state index >= 15 is 0 Å². The minimum absolute atomic E-state index is 0.299. The first kappa shape index (κ1) is 16.6. The fraction of sp³-hybridized carbons (Fsp3) is 0.278. The van der Waals surface area contributed by atoms with Gasteiger partial charge in [-0.15, -0.1) is 0 Å². The van der Waals surface area contributed by atoms with Crippen LogP contribution >= 0.6 is 11.6 Å². The van der Waals surface area contributed by atoms with E-state index in [1.54, 1.807) is 18.2 Å². The van der Waals surface area contributed by atoms with Gasteiger partial charge >= 0.3 is 5.97 Å². The van der Waals surface area contributed by atoms with E-state index in [0.717, 1.165) is 24.1 Å². The molecule has 0 radical (unpaired) electrons. The molecular weight excluding hydrogens is 330 g/mol. The third-order valence-electron chi connectivity index (χ3n) is 3.75. The van der Waals surface area contributed by atoms with Crippen LogP contribution in [0.4, 0.5) is 0 Å². The Morgan fingerprint density at radius 2 is 2.00 bits per heavy atom. The monoisotopic (exact) mass is 347 g/mol. The van der Waals surface area contributed by atoms with Crippen molar-refractivity contribution in [1.82, 2.24) is 5.32 Å².